The lowest BCUT2D eigenvalue weighted by Gasteiger charge is -2.35. The van der Waals surface area contributed by atoms with E-state index in [4.69, 9.17) is 4.74 Å². The minimum atomic E-state index is -4.73. The molecule has 1 fully saturated rings. The number of piperazine rings is 1. The smallest absolute Gasteiger partial charge is 0.433 e. The Morgan fingerprint density at radius 3 is 2.17 bits per heavy atom. The molecule has 1 N–H and O–H groups in total. The van der Waals surface area contributed by atoms with Gasteiger partial charge in [0, 0.05) is 38.1 Å². The van der Waals surface area contributed by atoms with E-state index in [0.717, 1.165) is 24.4 Å². The van der Waals surface area contributed by atoms with Crippen molar-refractivity contribution >= 4 is 23.7 Å². The third kappa shape index (κ3) is 7.24. The van der Waals surface area contributed by atoms with Gasteiger partial charge in [0.15, 0.2) is 5.82 Å². The number of carbonyl (C=O) groups is 1. The SMILES string of the molecule is CC(C)(C)OC(=O)N1CCN(c2nc(Nc3ccnc(C(F)(F)F)c3)nc(-c3cccc(C(F)(F)F)n3)n2)CC1. The second-order valence-electron chi connectivity index (χ2n) is 9.70. The summed E-state index contributed by atoms with van der Waals surface area (Å²) in [5.41, 5.74) is -3.30. The van der Waals surface area contributed by atoms with Crippen molar-refractivity contribution in [2.75, 3.05) is 36.4 Å². The van der Waals surface area contributed by atoms with Gasteiger partial charge >= 0.3 is 18.4 Å². The molecule has 0 unspecified atom stereocenters. The minimum Gasteiger partial charge on any atom is -0.444 e. The van der Waals surface area contributed by atoms with Crippen LogP contribution in [-0.2, 0) is 17.1 Å². The van der Waals surface area contributed by atoms with Crippen molar-refractivity contribution in [2.45, 2.75) is 38.7 Å². The lowest BCUT2D eigenvalue weighted by atomic mass is 10.2. The van der Waals surface area contributed by atoms with Crippen molar-refractivity contribution < 1.29 is 35.9 Å². The van der Waals surface area contributed by atoms with Gasteiger partial charge in [-0.1, -0.05) is 6.07 Å². The van der Waals surface area contributed by atoms with Crippen molar-refractivity contribution in [1.82, 2.24) is 29.8 Å². The Morgan fingerprint density at radius 2 is 1.55 bits per heavy atom. The summed E-state index contributed by atoms with van der Waals surface area (Å²) in [6, 6.07) is 5.19. The molecule has 0 saturated carbocycles. The van der Waals surface area contributed by atoms with Crippen LogP contribution >= 0.6 is 0 Å². The Labute approximate surface area is 224 Å². The first-order chi connectivity index (χ1) is 18.6. The Balaban J connectivity index is 1.66. The molecule has 40 heavy (non-hydrogen) atoms. The van der Waals surface area contributed by atoms with Crippen LogP contribution in [0.4, 0.5) is 48.7 Å². The van der Waals surface area contributed by atoms with Crippen LogP contribution in [0, 0.1) is 0 Å². The van der Waals surface area contributed by atoms with E-state index < -0.39 is 35.4 Å². The Kier molecular flexibility index (Phi) is 7.72. The van der Waals surface area contributed by atoms with E-state index in [1.807, 2.05) is 0 Å². The van der Waals surface area contributed by atoms with Gasteiger partial charge in [-0.25, -0.2) is 9.78 Å². The molecule has 16 heteroatoms. The maximum absolute atomic E-state index is 13.3. The molecule has 3 aromatic heterocycles. The number of hydrogen-bond donors (Lipinski definition) is 1. The normalized spacial score (nSPS) is 14.7. The number of pyridine rings is 2. The number of nitrogens with zero attached hydrogens (tertiary/aromatic N) is 7. The average Bonchev–Trinajstić information content (AvgIpc) is 2.87. The maximum atomic E-state index is 13.3. The second-order valence-corrected chi connectivity index (χ2v) is 9.70. The van der Waals surface area contributed by atoms with E-state index in [9.17, 15) is 31.1 Å². The van der Waals surface area contributed by atoms with Crippen LogP contribution in [0.2, 0.25) is 0 Å². The molecule has 1 saturated heterocycles. The summed E-state index contributed by atoms with van der Waals surface area (Å²) >= 11 is 0. The molecule has 0 radical (unpaired) electrons. The molecule has 3 aromatic rings. The maximum Gasteiger partial charge on any atom is 0.433 e. The zero-order chi connectivity index (χ0) is 29.3. The molecule has 0 bridgehead atoms. The number of carbonyl (C=O) groups excluding carboxylic acids is 1. The number of halogens is 6. The number of alkyl halides is 6. The van der Waals surface area contributed by atoms with E-state index in [-0.39, 0.29) is 55.3 Å². The van der Waals surface area contributed by atoms with Crippen LogP contribution in [0.25, 0.3) is 11.5 Å². The molecule has 4 heterocycles. The zero-order valence-electron chi connectivity index (χ0n) is 21.5. The van der Waals surface area contributed by atoms with Crippen LogP contribution in [-0.4, -0.2) is 67.7 Å². The van der Waals surface area contributed by atoms with Crippen LogP contribution < -0.4 is 10.2 Å². The quantitative estimate of drug-likeness (QED) is 0.425. The van der Waals surface area contributed by atoms with Gasteiger partial charge in [0.05, 0.1) is 0 Å². The molecular weight excluding hydrogens is 546 g/mol. The Hall–Kier alpha value is -4.24. The summed E-state index contributed by atoms with van der Waals surface area (Å²) in [6.07, 6.45) is -8.99. The lowest BCUT2D eigenvalue weighted by Crippen LogP contribution is -2.50. The second kappa shape index (κ2) is 10.7. The average molecular weight is 570 g/mol. The van der Waals surface area contributed by atoms with Gasteiger partial charge in [-0.15, -0.1) is 0 Å². The highest BCUT2D eigenvalue weighted by Gasteiger charge is 2.34. The van der Waals surface area contributed by atoms with Crippen molar-refractivity contribution in [3.05, 3.63) is 47.9 Å². The molecule has 4 rings (SSSR count). The number of hydrogen-bond acceptors (Lipinski definition) is 9. The number of amides is 1. The van der Waals surface area contributed by atoms with Crippen LogP contribution in [0.15, 0.2) is 36.5 Å². The van der Waals surface area contributed by atoms with Gasteiger partial charge < -0.3 is 19.9 Å². The molecule has 10 nitrogen and oxygen atoms in total. The third-order valence-corrected chi connectivity index (χ3v) is 5.41. The molecule has 0 aliphatic carbocycles. The number of rotatable bonds is 4. The fourth-order valence-electron chi connectivity index (χ4n) is 3.60. The molecular formula is C24H24F6N8O2. The van der Waals surface area contributed by atoms with Crippen molar-refractivity contribution in [2.24, 2.45) is 0 Å². The summed E-state index contributed by atoms with van der Waals surface area (Å²) < 4.78 is 84.6. The van der Waals surface area contributed by atoms with Crippen molar-refractivity contribution in [3.63, 3.8) is 0 Å². The minimum absolute atomic E-state index is 0.0284. The van der Waals surface area contributed by atoms with E-state index in [1.165, 1.54) is 17.0 Å². The lowest BCUT2D eigenvalue weighted by molar-refractivity contribution is -0.141. The monoisotopic (exact) mass is 570 g/mol. The van der Waals surface area contributed by atoms with E-state index >= 15 is 0 Å². The number of anilines is 3. The summed E-state index contributed by atoms with van der Waals surface area (Å²) in [5, 5.41) is 2.64. The molecule has 0 atom stereocenters. The zero-order valence-corrected chi connectivity index (χ0v) is 21.5. The number of ether oxygens (including phenoxy) is 1. The largest absolute Gasteiger partial charge is 0.444 e. The van der Waals surface area contributed by atoms with E-state index in [1.54, 1.807) is 25.7 Å². The summed E-state index contributed by atoms with van der Waals surface area (Å²) in [6.45, 7) is 6.18. The Morgan fingerprint density at radius 1 is 0.875 bits per heavy atom. The standard InChI is InChI=1S/C24H24F6N8O2/c1-22(2,3)40-21(39)38-11-9-37(10-12-38)20-35-18(15-5-4-6-16(33-15)23(25,26)27)34-19(36-20)32-14-7-8-31-17(13-14)24(28,29)30/h4-8,13H,9-12H2,1-3H3,(H,31,32,34,35,36). The molecule has 1 amide bonds. The molecule has 214 valence electrons. The summed E-state index contributed by atoms with van der Waals surface area (Å²) in [4.78, 5) is 35.2. The first-order valence-electron chi connectivity index (χ1n) is 11.9. The Bertz CT molecular complexity index is 1370. The van der Waals surface area contributed by atoms with Crippen LogP contribution in [0.3, 0.4) is 0 Å². The van der Waals surface area contributed by atoms with Crippen molar-refractivity contribution in [1.29, 1.82) is 0 Å². The van der Waals surface area contributed by atoms with E-state index in [0.29, 0.717) is 0 Å². The van der Waals surface area contributed by atoms with Crippen LogP contribution in [0.5, 0.6) is 0 Å². The third-order valence-electron chi connectivity index (χ3n) is 5.41. The predicted molar refractivity (Wildman–Crippen MR) is 131 cm³/mol. The topological polar surface area (TPSA) is 109 Å². The number of aromatic nitrogens is 5. The van der Waals surface area contributed by atoms with Gasteiger partial charge in [-0.05, 0) is 45.0 Å². The van der Waals surface area contributed by atoms with Crippen LogP contribution in [0.1, 0.15) is 32.2 Å². The summed E-state index contributed by atoms with van der Waals surface area (Å²) in [5.74, 6) is -0.438. The molecule has 1 aliphatic heterocycles. The van der Waals surface area contributed by atoms with Gasteiger partial charge in [0.25, 0.3) is 0 Å². The molecule has 0 spiro atoms. The fraction of sp³-hybridized carbons (Fsp3) is 0.417. The predicted octanol–water partition coefficient (Wildman–Crippen LogP) is 5.17. The molecule has 1 aliphatic rings. The summed E-state index contributed by atoms with van der Waals surface area (Å²) in [7, 11) is 0. The number of nitrogens with one attached hydrogen (secondary N) is 1. The highest BCUT2D eigenvalue weighted by Crippen LogP contribution is 2.31. The molecule has 0 aromatic carbocycles. The van der Waals surface area contributed by atoms with E-state index in [2.05, 4.69) is 30.2 Å². The van der Waals surface area contributed by atoms with Gasteiger partial charge in [0.1, 0.15) is 22.7 Å². The van der Waals surface area contributed by atoms with Gasteiger partial charge in [-0.2, -0.15) is 41.3 Å². The fourth-order valence-corrected chi connectivity index (χ4v) is 3.60. The first kappa shape index (κ1) is 28.8. The van der Waals surface area contributed by atoms with Crippen molar-refractivity contribution in [3.8, 4) is 11.5 Å². The van der Waals surface area contributed by atoms with Gasteiger partial charge in [0.2, 0.25) is 11.9 Å². The first-order valence-corrected chi connectivity index (χ1v) is 11.9. The highest BCUT2D eigenvalue weighted by atomic mass is 19.4. The highest BCUT2D eigenvalue weighted by molar-refractivity contribution is 5.68. The van der Waals surface area contributed by atoms with Gasteiger partial charge in [-0.3, -0.25) is 4.98 Å².